The quantitative estimate of drug-likeness (QED) is 0.268. The van der Waals surface area contributed by atoms with Crippen molar-refractivity contribution in [3.05, 3.63) is 30.3 Å². The Bertz CT molecular complexity index is 1690. The number of hydrogen-bond acceptors (Lipinski definition) is 11. The molecule has 2 fully saturated rings. The first-order valence-electron chi connectivity index (χ1n) is 10.4. The van der Waals surface area contributed by atoms with Crippen LogP contribution in [0.15, 0.2) is 40.1 Å². The maximum absolute atomic E-state index is 13.6. The molecule has 7 N–H and O–H groups in total. The minimum atomic E-state index is -4.59. The molecule has 0 radical (unpaired) electrons. The maximum atomic E-state index is 13.6. The number of fused-ring (bicyclic) bond motifs is 2. The highest BCUT2D eigenvalue weighted by Gasteiger charge is 2.56. The van der Waals surface area contributed by atoms with Gasteiger partial charge in [-0.15, -0.1) is 10.2 Å². The molecule has 3 heterocycles. The number of nitrogen functional groups attached to an aromatic ring is 1. The average Bonchev–Trinajstić information content (AvgIpc) is 3.34. The van der Waals surface area contributed by atoms with E-state index in [0.717, 1.165) is 4.70 Å². The largest absolute Gasteiger partial charge is 0.375 e. The van der Waals surface area contributed by atoms with Crippen molar-refractivity contribution in [1.82, 2.24) is 29.9 Å². The number of para-hydroxylation sites is 1. The number of H-pyrrole nitrogens is 1. The van der Waals surface area contributed by atoms with Gasteiger partial charge in [0.1, 0.15) is 9.79 Å². The molecule has 2 aliphatic rings. The molecule has 1 unspecified atom stereocenters. The number of nitrogens with zero attached hydrogens (tertiary/aromatic N) is 5. The summed E-state index contributed by atoms with van der Waals surface area (Å²) in [6.45, 7) is 0.434. The van der Waals surface area contributed by atoms with Crippen molar-refractivity contribution >= 4 is 46.7 Å². The molecule has 182 valence electrons. The fraction of sp³-hybridized carbons (Fsp3) is 0.263. The molecule has 1 saturated heterocycles. The lowest BCUT2D eigenvalue weighted by Gasteiger charge is -2.22. The summed E-state index contributed by atoms with van der Waals surface area (Å²) in [6, 6.07) is 8.01. The van der Waals surface area contributed by atoms with E-state index >= 15 is 0 Å². The summed E-state index contributed by atoms with van der Waals surface area (Å²) in [5, 5.41) is 19.7. The molecule has 16 heteroatoms. The number of sulfonamides is 2. The highest BCUT2D eigenvalue weighted by atomic mass is 32.2. The van der Waals surface area contributed by atoms with Gasteiger partial charge in [-0.25, -0.2) is 27.0 Å². The number of aromatic amines is 1. The number of anilines is 1. The van der Waals surface area contributed by atoms with E-state index in [2.05, 4.69) is 25.6 Å². The van der Waals surface area contributed by atoms with Gasteiger partial charge < -0.3 is 11.5 Å². The Kier molecular flexibility index (Phi) is 4.80. The summed E-state index contributed by atoms with van der Waals surface area (Å²) in [7, 11) is -8.82. The first-order valence-corrected chi connectivity index (χ1v) is 14.2. The van der Waals surface area contributed by atoms with E-state index in [1.54, 1.807) is 12.1 Å². The fourth-order valence-electron chi connectivity index (χ4n) is 4.82. The summed E-state index contributed by atoms with van der Waals surface area (Å²) >= 11 is 1.26. The molecule has 0 spiro atoms. The molecular weight excluding hydrogens is 514 g/mol. The third-order valence-corrected chi connectivity index (χ3v) is 10.4. The number of benzene rings is 2. The lowest BCUT2D eigenvalue weighted by atomic mass is 9.98. The van der Waals surface area contributed by atoms with Crippen molar-refractivity contribution in [1.29, 1.82) is 0 Å². The van der Waals surface area contributed by atoms with Gasteiger partial charge in [0.2, 0.25) is 25.9 Å². The van der Waals surface area contributed by atoms with Crippen molar-refractivity contribution in [3.63, 3.8) is 0 Å². The standard InChI is InChI=1S/C19H19N9O4S3/c20-15-10-6-28(7-11(10)15)35(31,32)13-5-4-8(9-2-1-3-12-16(9)23-19(21)33-12)14(17(13)34(22,29)30)18-24-26-27-25-18/h1-5,10-11,15H,6-7,20H2,(H2,21,23)(H2,22,29,30)(H,24,25,26,27)/t10-,11+,15?. The van der Waals surface area contributed by atoms with Crippen LogP contribution >= 0.6 is 11.3 Å². The van der Waals surface area contributed by atoms with Crippen LogP contribution in [0.5, 0.6) is 0 Å². The highest BCUT2D eigenvalue weighted by Crippen LogP contribution is 2.47. The zero-order chi connectivity index (χ0) is 24.7. The number of piperidine rings is 1. The first kappa shape index (κ1) is 22.4. The molecule has 4 aromatic rings. The minimum Gasteiger partial charge on any atom is -0.375 e. The molecule has 1 aliphatic heterocycles. The second-order valence-electron chi connectivity index (χ2n) is 8.53. The number of aromatic nitrogens is 5. The minimum absolute atomic E-state index is 0.0394. The second-order valence-corrected chi connectivity index (χ2v) is 13.0. The Morgan fingerprint density at radius 3 is 2.46 bits per heavy atom. The van der Waals surface area contributed by atoms with Crippen LogP contribution in [0.2, 0.25) is 0 Å². The number of tetrazole rings is 1. The van der Waals surface area contributed by atoms with Crippen LogP contribution in [-0.4, -0.2) is 65.9 Å². The van der Waals surface area contributed by atoms with E-state index in [-0.39, 0.29) is 42.4 Å². The van der Waals surface area contributed by atoms with Crippen molar-refractivity contribution in [3.8, 4) is 22.5 Å². The monoisotopic (exact) mass is 533 g/mol. The molecule has 35 heavy (non-hydrogen) atoms. The van der Waals surface area contributed by atoms with Gasteiger partial charge >= 0.3 is 0 Å². The third kappa shape index (κ3) is 3.44. The van der Waals surface area contributed by atoms with Gasteiger partial charge in [0.15, 0.2) is 5.13 Å². The molecule has 6 rings (SSSR count). The molecule has 3 atom stereocenters. The molecule has 1 saturated carbocycles. The predicted octanol–water partition coefficient (Wildman–Crippen LogP) is -0.0494. The lowest BCUT2D eigenvalue weighted by molar-refractivity contribution is 0.430. The number of nitrogens with one attached hydrogen (secondary N) is 1. The van der Waals surface area contributed by atoms with Crippen LogP contribution in [0.1, 0.15) is 0 Å². The molecule has 13 nitrogen and oxygen atoms in total. The lowest BCUT2D eigenvalue weighted by Crippen LogP contribution is -2.35. The normalized spacial score (nSPS) is 22.5. The van der Waals surface area contributed by atoms with Crippen molar-refractivity contribution < 1.29 is 16.8 Å². The summed E-state index contributed by atoms with van der Waals surface area (Å²) in [5.41, 5.74) is 13.1. The summed E-state index contributed by atoms with van der Waals surface area (Å²) in [6.07, 6.45) is 0. The molecule has 0 bridgehead atoms. The van der Waals surface area contributed by atoms with Crippen molar-refractivity contribution in [2.75, 3.05) is 18.8 Å². The molecule has 1 aliphatic carbocycles. The van der Waals surface area contributed by atoms with Crippen LogP contribution in [0.3, 0.4) is 0 Å². The number of nitrogens with two attached hydrogens (primary N) is 3. The Morgan fingerprint density at radius 1 is 1.06 bits per heavy atom. The molecule has 0 amide bonds. The smallest absolute Gasteiger partial charge is 0.244 e. The third-order valence-electron chi connectivity index (χ3n) is 6.55. The van der Waals surface area contributed by atoms with Crippen LogP contribution in [-0.2, 0) is 20.0 Å². The van der Waals surface area contributed by atoms with Gasteiger partial charge in [-0.2, -0.15) is 9.52 Å². The van der Waals surface area contributed by atoms with Gasteiger partial charge in [-0.05, 0) is 34.7 Å². The van der Waals surface area contributed by atoms with Gasteiger partial charge in [0.05, 0.1) is 15.8 Å². The number of thiazole rings is 1. The van der Waals surface area contributed by atoms with E-state index in [9.17, 15) is 16.8 Å². The van der Waals surface area contributed by atoms with Crippen LogP contribution in [0.4, 0.5) is 5.13 Å². The molecule has 2 aromatic heterocycles. The summed E-state index contributed by atoms with van der Waals surface area (Å²) in [5.74, 6) is -0.00894. The second kappa shape index (κ2) is 7.49. The Balaban J connectivity index is 1.64. The van der Waals surface area contributed by atoms with E-state index in [1.165, 1.54) is 27.8 Å². The van der Waals surface area contributed by atoms with Crippen molar-refractivity contribution in [2.45, 2.75) is 15.8 Å². The SMILES string of the molecule is Nc1nc2c(-c3ccc(S(=O)(=O)N4C[C@@H]5C(N)[C@@H]5C4)c(S(N)(=O)=O)c3-c3nn[nH]n3)cccc2s1. The topological polar surface area (TPSA) is 217 Å². The van der Waals surface area contributed by atoms with E-state index in [4.69, 9.17) is 16.6 Å². The van der Waals surface area contributed by atoms with Gasteiger partial charge in [0.25, 0.3) is 0 Å². The van der Waals surface area contributed by atoms with E-state index in [0.29, 0.717) is 21.8 Å². The maximum Gasteiger partial charge on any atom is 0.244 e. The Hall–Kier alpha value is -3.02. The average molecular weight is 534 g/mol. The zero-order valence-electron chi connectivity index (χ0n) is 17.9. The van der Waals surface area contributed by atoms with Crippen LogP contribution < -0.4 is 16.6 Å². The van der Waals surface area contributed by atoms with E-state index < -0.39 is 29.8 Å². The van der Waals surface area contributed by atoms with Gasteiger partial charge in [0, 0.05) is 24.7 Å². The van der Waals surface area contributed by atoms with Gasteiger partial charge in [-0.1, -0.05) is 29.5 Å². The number of rotatable bonds is 5. The van der Waals surface area contributed by atoms with E-state index in [1.807, 2.05) is 6.07 Å². The number of primary sulfonamides is 1. The Morgan fingerprint density at radius 2 is 1.80 bits per heavy atom. The van der Waals surface area contributed by atoms with Crippen molar-refractivity contribution in [2.24, 2.45) is 22.7 Å². The molecular formula is C19H19N9O4S3. The summed E-state index contributed by atoms with van der Waals surface area (Å²) < 4.78 is 55.2. The van der Waals surface area contributed by atoms with Crippen LogP contribution in [0, 0.1) is 11.8 Å². The summed E-state index contributed by atoms with van der Waals surface area (Å²) in [4.78, 5) is 3.31. The Labute approximate surface area is 203 Å². The molecule has 2 aromatic carbocycles. The van der Waals surface area contributed by atoms with Gasteiger partial charge in [-0.3, -0.25) is 0 Å². The first-order chi connectivity index (χ1) is 16.6. The van der Waals surface area contributed by atoms with Crippen LogP contribution in [0.25, 0.3) is 32.7 Å². The highest BCUT2D eigenvalue weighted by molar-refractivity contribution is 7.92. The fourth-order valence-corrected chi connectivity index (χ4v) is 8.67. The number of hydrogen-bond donors (Lipinski definition) is 4. The zero-order valence-corrected chi connectivity index (χ0v) is 20.3. The predicted molar refractivity (Wildman–Crippen MR) is 128 cm³/mol.